The fourth-order valence-corrected chi connectivity index (χ4v) is 2.15. The van der Waals surface area contributed by atoms with Crippen molar-refractivity contribution in [2.45, 2.75) is 6.92 Å². The summed E-state index contributed by atoms with van der Waals surface area (Å²) >= 11 is 0. The van der Waals surface area contributed by atoms with Crippen LogP contribution in [0.3, 0.4) is 0 Å². The number of aromatic nitrogens is 1. The first-order valence-electron chi connectivity index (χ1n) is 6.47. The van der Waals surface area contributed by atoms with Crippen LogP contribution in [0.5, 0.6) is 0 Å². The number of amides is 1. The van der Waals surface area contributed by atoms with E-state index in [4.69, 9.17) is 0 Å². The van der Waals surface area contributed by atoms with Gasteiger partial charge in [0.1, 0.15) is 5.82 Å². The van der Waals surface area contributed by atoms with Gasteiger partial charge in [0, 0.05) is 10.9 Å². The van der Waals surface area contributed by atoms with Crippen molar-refractivity contribution in [1.29, 1.82) is 0 Å². The lowest BCUT2D eigenvalue weighted by molar-refractivity contribution is 0.102. The molecule has 1 aromatic heterocycles. The van der Waals surface area contributed by atoms with E-state index in [1.165, 1.54) is 0 Å². The lowest BCUT2D eigenvalue weighted by atomic mass is 10.1. The van der Waals surface area contributed by atoms with E-state index in [1.54, 1.807) is 0 Å². The van der Waals surface area contributed by atoms with E-state index in [0.717, 1.165) is 16.5 Å². The number of nitrogens with one attached hydrogen (secondary N) is 1. The molecule has 3 aromatic rings. The second-order valence-electron chi connectivity index (χ2n) is 4.66. The molecule has 0 aliphatic rings. The normalized spacial score (nSPS) is 10.4. The Morgan fingerprint density at radius 3 is 2.55 bits per heavy atom. The summed E-state index contributed by atoms with van der Waals surface area (Å²) in [6.07, 6.45) is 0. The third-order valence-electron chi connectivity index (χ3n) is 3.23. The van der Waals surface area contributed by atoms with E-state index in [0.29, 0.717) is 11.4 Å². The molecule has 1 heterocycles. The first kappa shape index (κ1) is 12.4. The van der Waals surface area contributed by atoms with Gasteiger partial charge in [-0.05, 0) is 36.8 Å². The van der Waals surface area contributed by atoms with Crippen LogP contribution < -0.4 is 5.32 Å². The third kappa shape index (κ3) is 2.38. The molecule has 0 unspecified atom stereocenters. The molecule has 1 amide bonds. The minimum atomic E-state index is -0.133. The number of hydrogen-bond donors (Lipinski definition) is 1. The number of anilines is 1. The van der Waals surface area contributed by atoms with Crippen molar-refractivity contribution in [2.24, 2.45) is 0 Å². The number of fused-ring (bicyclic) bond motifs is 1. The molecule has 0 bridgehead atoms. The first-order chi connectivity index (χ1) is 9.74. The number of aryl methyl sites for hydroxylation is 1. The Kier molecular flexibility index (Phi) is 3.17. The maximum Gasteiger partial charge on any atom is 0.257 e. The Morgan fingerprint density at radius 1 is 0.950 bits per heavy atom. The predicted molar refractivity (Wildman–Crippen MR) is 80.9 cm³/mol. The van der Waals surface area contributed by atoms with Crippen LogP contribution in [0.1, 0.15) is 15.9 Å². The lowest BCUT2D eigenvalue weighted by Gasteiger charge is -2.07. The molecule has 0 saturated carbocycles. The molecule has 0 aliphatic carbocycles. The molecular formula is C17H14N2O. The monoisotopic (exact) mass is 262 g/mol. The summed E-state index contributed by atoms with van der Waals surface area (Å²) < 4.78 is 0. The smallest absolute Gasteiger partial charge is 0.257 e. The van der Waals surface area contributed by atoms with Gasteiger partial charge in [0.15, 0.2) is 0 Å². The average molecular weight is 262 g/mol. The van der Waals surface area contributed by atoms with E-state index in [-0.39, 0.29) is 5.91 Å². The van der Waals surface area contributed by atoms with E-state index < -0.39 is 0 Å². The highest BCUT2D eigenvalue weighted by Crippen LogP contribution is 2.16. The van der Waals surface area contributed by atoms with Gasteiger partial charge >= 0.3 is 0 Å². The molecule has 3 rings (SSSR count). The number of carbonyl (C=O) groups is 1. The van der Waals surface area contributed by atoms with Crippen LogP contribution in [0.4, 0.5) is 5.82 Å². The summed E-state index contributed by atoms with van der Waals surface area (Å²) in [5, 5.41) is 3.90. The van der Waals surface area contributed by atoms with Crippen LogP contribution in [0.25, 0.3) is 10.9 Å². The number of pyridine rings is 1. The SMILES string of the molecule is Cc1ccccc1C(=O)Nc1ccc2ccccc2n1. The van der Waals surface area contributed by atoms with Gasteiger partial charge in [-0.3, -0.25) is 4.79 Å². The molecule has 0 aliphatic heterocycles. The molecule has 2 aromatic carbocycles. The highest BCUT2D eigenvalue weighted by Gasteiger charge is 2.09. The first-order valence-corrected chi connectivity index (χ1v) is 6.47. The van der Waals surface area contributed by atoms with E-state index in [1.807, 2.05) is 67.6 Å². The zero-order chi connectivity index (χ0) is 13.9. The van der Waals surface area contributed by atoms with Crippen LogP contribution in [0, 0.1) is 6.92 Å². The Hall–Kier alpha value is -2.68. The van der Waals surface area contributed by atoms with Crippen molar-refractivity contribution in [3.8, 4) is 0 Å². The van der Waals surface area contributed by atoms with Gasteiger partial charge in [-0.1, -0.05) is 36.4 Å². The summed E-state index contributed by atoms with van der Waals surface area (Å²) in [5.74, 6) is 0.433. The van der Waals surface area contributed by atoms with Crippen molar-refractivity contribution in [3.05, 3.63) is 71.8 Å². The number of para-hydroxylation sites is 1. The van der Waals surface area contributed by atoms with Crippen molar-refractivity contribution >= 4 is 22.6 Å². The van der Waals surface area contributed by atoms with Gasteiger partial charge in [0.2, 0.25) is 0 Å². The number of carbonyl (C=O) groups excluding carboxylic acids is 1. The van der Waals surface area contributed by atoms with Crippen LogP contribution in [0.2, 0.25) is 0 Å². The molecule has 3 nitrogen and oxygen atoms in total. The molecule has 0 radical (unpaired) electrons. The quantitative estimate of drug-likeness (QED) is 0.763. The highest BCUT2D eigenvalue weighted by atomic mass is 16.1. The molecule has 0 spiro atoms. The van der Waals surface area contributed by atoms with Gasteiger partial charge in [-0.15, -0.1) is 0 Å². The molecule has 98 valence electrons. The average Bonchev–Trinajstić information content (AvgIpc) is 2.47. The number of nitrogens with zero attached hydrogens (tertiary/aromatic N) is 1. The van der Waals surface area contributed by atoms with Gasteiger partial charge < -0.3 is 5.32 Å². The molecule has 0 saturated heterocycles. The maximum absolute atomic E-state index is 12.2. The van der Waals surface area contributed by atoms with Gasteiger partial charge in [-0.2, -0.15) is 0 Å². The van der Waals surface area contributed by atoms with Gasteiger partial charge in [-0.25, -0.2) is 4.98 Å². The van der Waals surface area contributed by atoms with Crippen molar-refractivity contribution in [2.75, 3.05) is 5.32 Å². The number of hydrogen-bond acceptors (Lipinski definition) is 2. The highest BCUT2D eigenvalue weighted by molar-refractivity contribution is 6.05. The zero-order valence-corrected chi connectivity index (χ0v) is 11.1. The molecule has 3 heteroatoms. The van der Waals surface area contributed by atoms with Crippen LogP contribution >= 0.6 is 0 Å². The number of rotatable bonds is 2. The Bertz CT molecular complexity index is 781. The second kappa shape index (κ2) is 5.13. The van der Waals surface area contributed by atoms with Crippen LogP contribution in [0.15, 0.2) is 60.7 Å². The topological polar surface area (TPSA) is 42.0 Å². The summed E-state index contributed by atoms with van der Waals surface area (Å²) in [4.78, 5) is 16.7. The maximum atomic E-state index is 12.2. The second-order valence-corrected chi connectivity index (χ2v) is 4.66. The summed E-state index contributed by atoms with van der Waals surface area (Å²) in [6.45, 7) is 1.92. The fraction of sp³-hybridized carbons (Fsp3) is 0.0588. The third-order valence-corrected chi connectivity index (χ3v) is 3.23. The van der Waals surface area contributed by atoms with E-state index in [2.05, 4.69) is 10.3 Å². The fourth-order valence-electron chi connectivity index (χ4n) is 2.15. The Labute approximate surface area is 117 Å². The van der Waals surface area contributed by atoms with Crippen molar-refractivity contribution < 1.29 is 4.79 Å². The lowest BCUT2D eigenvalue weighted by Crippen LogP contribution is -2.14. The summed E-state index contributed by atoms with van der Waals surface area (Å²) in [5.41, 5.74) is 2.49. The predicted octanol–water partition coefficient (Wildman–Crippen LogP) is 3.80. The minimum Gasteiger partial charge on any atom is -0.307 e. The van der Waals surface area contributed by atoms with Gasteiger partial charge in [0.05, 0.1) is 5.52 Å². The Morgan fingerprint density at radius 2 is 1.70 bits per heavy atom. The molecular weight excluding hydrogens is 248 g/mol. The molecule has 1 N–H and O–H groups in total. The van der Waals surface area contributed by atoms with Gasteiger partial charge in [0.25, 0.3) is 5.91 Å². The van der Waals surface area contributed by atoms with Crippen molar-refractivity contribution in [3.63, 3.8) is 0 Å². The largest absolute Gasteiger partial charge is 0.307 e. The standard InChI is InChI=1S/C17H14N2O/c1-12-6-2-4-8-14(12)17(20)19-16-11-10-13-7-3-5-9-15(13)18-16/h2-11H,1H3,(H,18,19,20). The molecule has 20 heavy (non-hydrogen) atoms. The van der Waals surface area contributed by atoms with E-state index >= 15 is 0 Å². The van der Waals surface area contributed by atoms with E-state index in [9.17, 15) is 4.79 Å². The minimum absolute atomic E-state index is 0.133. The zero-order valence-electron chi connectivity index (χ0n) is 11.1. The molecule has 0 atom stereocenters. The summed E-state index contributed by atoms with van der Waals surface area (Å²) in [6, 6.07) is 19.1. The van der Waals surface area contributed by atoms with Crippen LogP contribution in [-0.2, 0) is 0 Å². The van der Waals surface area contributed by atoms with Crippen molar-refractivity contribution in [1.82, 2.24) is 4.98 Å². The molecule has 0 fully saturated rings. The summed E-state index contributed by atoms with van der Waals surface area (Å²) in [7, 11) is 0. The number of benzene rings is 2. The van der Waals surface area contributed by atoms with Crippen LogP contribution in [-0.4, -0.2) is 10.9 Å². The Balaban J connectivity index is 1.89.